The summed E-state index contributed by atoms with van der Waals surface area (Å²) in [5, 5.41) is 19.8. The van der Waals surface area contributed by atoms with Crippen molar-refractivity contribution in [1.82, 2.24) is 14.8 Å². The third-order valence-corrected chi connectivity index (χ3v) is 3.54. The van der Waals surface area contributed by atoms with Crippen LogP contribution in [0.1, 0.15) is 25.7 Å². The van der Waals surface area contributed by atoms with Crippen molar-refractivity contribution in [2.75, 3.05) is 7.11 Å². The molecule has 0 aliphatic rings. The number of ether oxygens (including phenoxy) is 1. The Bertz CT molecular complexity index is 669. The maximum absolute atomic E-state index is 10.9. The molecule has 0 spiro atoms. The Morgan fingerprint density at radius 3 is 2.67 bits per heavy atom. The van der Waals surface area contributed by atoms with Crippen molar-refractivity contribution >= 4 is 21.6 Å². The molecule has 8 heteroatoms. The Balaban J connectivity index is 2.57. The molecule has 2 aromatic rings. The number of methoxy groups -OCH3 is 1. The number of nitrogens with zero attached hydrogens (tertiary/aromatic N) is 4. The van der Waals surface area contributed by atoms with E-state index in [4.69, 9.17) is 4.74 Å². The fourth-order valence-electron chi connectivity index (χ4n) is 2.12. The number of alkyl halides is 1. The number of nitro benzene ring substituents is 1. The molecule has 0 amide bonds. The van der Waals surface area contributed by atoms with Crippen LogP contribution >= 0.6 is 15.9 Å². The number of halogens is 1. The second-order valence-corrected chi connectivity index (χ2v) is 5.24. The molecule has 0 N–H and O–H groups in total. The zero-order valence-corrected chi connectivity index (χ0v) is 13.5. The Morgan fingerprint density at radius 1 is 1.43 bits per heavy atom. The molecule has 7 nitrogen and oxygen atoms in total. The number of hydrogen-bond acceptors (Lipinski definition) is 5. The number of benzene rings is 1. The van der Waals surface area contributed by atoms with Gasteiger partial charge in [-0.15, -0.1) is 10.2 Å². The molecule has 0 bridgehead atoms. The first-order chi connectivity index (χ1) is 9.99. The molecule has 1 aromatic heterocycles. The maximum atomic E-state index is 10.9. The van der Waals surface area contributed by atoms with Crippen LogP contribution in [0.15, 0.2) is 18.2 Å². The van der Waals surface area contributed by atoms with Crippen LogP contribution in [0.3, 0.4) is 0 Å². The molecule has 112 valence electrons. The van der Waals surface area contributed by atoms with E-state index in [9.17, 15) is 10.1 Å². The Hall–Kier alpha value is -1.96. The van der Waals surface area contributed by atoms with Crippen LogP contribution in [0.5, 0.6) is 5.75 Å². The van der Waals surface area contributed by atoms with E-state index in [2.05, 4.69) is 26.1 Å². The normalized spacial score (nSPS) is 10.9. The van der Waals surface area contributed by atoms with Crippen molar-refractivity contribution in [3.05, 3.63) is 34.1 Å². The van der Waals surface area contributed by atoms with Gasteiger partial charge in [-0.05, 0) is 26.0 Å². The summed E-state index contributed by atoms with van der Waals surface area (Å²) < 4.78 is 7.08. The molecular weight excluding hydrogens is 340 g/mol. The largest absolute Gasteiger partial charge is 0.490 e. The fraction of sp³-hybridized carbons (Fsp3) is 0.385. The van der Waals surface area contributed by atoms with Crippen LogP contribution in [0, 0.1) is 10.1 Å². The third kappa shape index (κ3) is 2.90. The lowest BCUT2D eigenvalue weighted by Crippen LogP contribution is -2.07. The fourth-order valence-corrected chi connectivity index (χ4v) is 2.50. The smallest absolute Gasteiger partial charge is 0.310 e. The minimum absolute atomic E-state index is 0.0717. The minimum Gasteiger partial charge on any atom is -0.490 e. The van der Waals surface area contributed by atoms with Gasteiger partial charge in [0.05, 0.1) is 17.4 Å². The molecule has 1 aromatic carbocycles. The highest BCUT2D eigenvalue weighted by Gasteiger charge is 2.20. The molecule has 0 aliphatic heterocycles. The highest BCUT2D eigenvalue weighted by atomic mass is 79.9. The van der Waals surface area contributed by atoms with Crippen molar-refractivity contribution in [3.63, 3.8) is 0 Å². The van der Waals surface area contributed by atoms with Crippen LogP contribution in [0.25, 0.3) is 11.4 Å². The molecule has 21 heavy (non-hydrogen) atoms. The summed E-state index contributed by atoms with van der Waals surface area (Å²) in [5.74, 6) is 1.67. The number of aromatic nitrogens is 3. The lowest BCUT2D eigenvalue weighted by Gasteiger charge is -2.13. The number of nitro groups is 1. The molecule has 0 fully saturated rings. The van der Waals surface area contributed by atoms with Crippen molar-refractivity contribution < 1.29 is 9.66 Å². The highest BCUT2D eigenvalue weighted by Crippen LogP contribution is 2.32. The zero-order valence-electron chi connectivity index (χ0n) is 11.9. The number of hydrogen-bond donors (Lipinski definition) is 0. The van der Waals surface area contributed by atoms with Gasteiger partial charge < -0.3 is 9.30 Å². The quantitative estimate of drug-likeness (QED) is 0.467. The van der Waals surface area contributed by atoms with Gasteiger partial charge in [-0.3, -0.25) is 10.1 Å². The Morgan fingerprint density at radius 2 is 2.14 bits per heavy atom. The maximum Gasteiger partial charge on any atom is 0.310 e. The zero-order chi connectivity index (χ0) is 15.6. The summed E-state index contributed by atoms with van der Waals surface area (Å²) in [6.45, 7) is 4.06. The first-order valence-corrected chi connectivity index (χ1v) is 7.44. The summed E-state index contributed by atoms with van der Waals surface area (Å²) >= 11 is 3.38. The van der Waals surface area contributed by atoms with Crippen molar-refractivity contribution in [2.45, 2.75) is 25.2 Å². The molecule has 0 aliphatic carbocycles. The van der Waals surface area contributed by atoms with E-state index >= 15 is 0 Å². The SMILES string of the molecule is COc1cc(-c2nnc(CBr)n2C(C)C)ccc1[N+](=O)[O-]. The van der Waals surface area contributed by atoms with Gasteiger partial charge in [0.25, 0.3) is 0 Å². The van der Waals surface area contributed by atoms with Crippen LogP contribution in [0.4, 0.5) is 5.69 Å². The predicted molar refractivity (Wildman–Crippen MR) is 81.7 cm³/mol. The molecular formula is C13H15BrN4O3. The van der Waals surface area contributed by atoms with Gasteiger partial charge in [-0.25, -0.2) is 0 Å². The Kier molecular flexibility index (Phi) is 4.56. The van der Waals surface area contributed by atoms with Gasteiger partial charge >= 0.3 is 5.69 Å². The highest BCUT2D eigenvalue weighted by molar-refractivity contribution is 9.08. The first kappa shape index (κ1) is 15.4. The van der Waals surface area contributed by atoms with E-state index < -0.39 is 4.92 Å². The molecule has 2 rings (SSSR count). The van der Waals surface area contributed by atoms with Gasteiger partial charge in [-0.1, -0.05) is 15.9 Å². The summed E-state index contributed by atoms with van der Waals surface area (Å²) in [6.07, 6.45) is 0. The molecule has 1 heterocycles. The van der Waals surface area contributed by atoms with E-state index in [1.807, 2.05) is 18.4 Å². The second-order valence-electron chi connectivity index (χ2n) is 4.68. The summed E-state index contributed by atoms with van der Waals surface area (Å²) in [4.78, 5) is 10.5. The van der Waals surface area contributed by atoms with Crippen LogP contribution in [0.2, 0.25) is 0 Å². The van der Waals surface area contributed by atoms with Crippen molar-refractivity contribution in [2.24, 2.45) is 0 Å². The van der Waals surface area contributed by atoms with Gasteiger partial charge in [0, 0.05) is 17.7 Å². The average Bonchev–Trinajstić information content (AvgIpc) is 2.90. The van der Waals surface area contributed by atoms with E-state index in [0.29, 0.717) is 11.2 Å². The van der Waals surface area contributed by atoms with Gasteiger partial charge in [0.1, 0.15) is 5.82 Å². The van der Waals surface area contributed by atoms with E-state index in [-0.39, 0.29) is 17.5 Å². The summed E-state index contributed by atoms with van der Waals surface area (Å²) in [6, 6.07) is 4.85. The van der Waals surface area contributed by atoms with Gasteiger partial charge in [0.15, 0.2) is 11.6 Å². The van der Waals surface area contributed by atoms with Crippen LogP contribution in [-0.4, -0.2) is 26.8 Å². The average molecular weight is 355 g/mol. The van der Waals surface area contributed by atoms with E-state index in [1.165, 1.54) is 13.2 Å². The standard InChI is InChI=1S/C13H15BrN4O3/c1-8(2)17-12(7-14)15-16-13(17)9-4-5-10(18(19)20)11(6-9)21-3/h4-6,8H,7H2,1-3H3. The summed E-state index contributed by atoms with van der Waals surface area (Å²) in [7, 11) is 1.41. The summed E-state index contributed by atoms with van der Waals surface area (Å²) in [5.41, 5.74) is 0.656. The van der Waals surface area contributed by atoms with E-state index in [1.54, 1.807) is 12.1 Å². The lowest BCUT2D eigenvalue weighted by atomic mass is 10.1. The molecule has 0 unspecified atom stereocenters. The minimum atomic E-state index is -0.473. The molecule has 0 atom stereocenters. The second kappa shape index (κ2) is 6.21. The van der Waals surface area contributed by atoms with Crippen LogP contribution < -0.4 is 4.74 Å². The number of rotatable bonds is 5. The van der Waals surface area contributed by atoms with Crippen molar-refractivity contribution in [3.8, 4) is 17.1 Å². The third-order valence-electron chi connectivity index (χ3n) is 3.04. The topological polar surface area (TPSA) is 83.1 Å². The first-order valence-electron chi connectivity index (χ1n) is 6.32. The van der Waals surface area contributed by atoms with Crippen molar-refractivity contribution in [1.29, 1.82) is 0 Å². The predicted octanol–water partition coefficient (Wildman–Crippen LogP) is 3.34. The molecule has 0 saturated carbocycles. The van der Waals surface area contributed by atoms with Gasteiger partial charge in [0.2, 0.25) is 0 Å². The lowest BCUT2D eigenvalue weighted by molar-refractivity contribution is -0.385. The van der Waals surface area contributed by atoms with Gasteiger partial charge in [-0.2, -0.15) is 0 Å². The molecule has 0 saturated heterocycles. The molecule has 0 radical (unpaired) electrons. The monoisotopic (exact) mass is 354 g/mol. The van der Waals surface area contributed by atoms with E-state index in [0.717, 1.165) is 11.4 Å². The Labute approximate surface area is 130 Å². The van der Waals surface area contributed by atoms with Crippen LogP contribution in [-0.2, 0) is 5.33 Å².